The molecule has 112 valence electrons. The zero-order valence-corrected chi connectivity index (χ0v) is 12.7. The Bertz CT molecular complexity index is 621. The van der Waals surface area contributed by atoms with Gasteiger partial charge in [0.25, 0.3) is 0 Å². The molecule has 1 aromatic carbocycles. The average molecular weight is 286 g/mol. The molecular formula is C17H22N2O2. The summed E-state index contributed by atoms with van der Waals surface area (Å²) in [5.74, 6) is 0.826. The second-order valence-corrected chi connectivity index (χ2v) is 5.86. The van der Waals surface area contributed by atoms with Crippen molar-refractivity contribution in [2.24, 2.45) is 0 Å². The topological polar surface area (TPSA) is 43.4 Å². The second kappa shape index (κ2) is 6.00. The molecule has 2 aromatic rings. The highest BCUT2D eigenvalue weighted by Crippen LogP contribution is 2.24. The first-order valence-corrected chi connectivity index (χ1v) is 7.46. The van der Waals surface area contributed by atoms with Crippen molar-refractivity contribution in [2.45, 2.75) is 31.8 Å². The smallest absolute Gasteiger partial charge is 0.145 e. The Morgan fingerprint density at radius 1 is 1.24 bits per heavy atom. The molecule has 0 radical (unpaired) electrons. The number of ether oxygens (including phenoxy) is 2. The van der Waals surface area contributed by atoms with Gasteiger partial charge in [0.05, 0.1) is 12.8 Å². The van der Waals surface area contributed by atoms with Gasteiger partial charge in [0.2, 0.25) is 0 Å². The lowest BCUT2D eigenvalue weighted by Gasteiger charge is -2.34. The number of hydrogen-bond donors (Lipinski definition) is 1. The van der Waals surface area contributed by atoms with Crippen molar-refractivity contribution in [3.63, 3.8) is 0 Å². The number of nitrogens with one attached hydrogen (secondary N) is 1. The molecule has 4 heteroatoms. The van der Waals surface area contributed by atoms with Crippen LogP contribution in [-0.2, 0) is 11.3 Å². The lowest BCUT2D eigenvalue weighted by atomic mass is 9.92. The van der Waals surface area contributed by atoms with E-state index in [1.807, 2.05) is 12.1 Å². The van der Waals surface area contributed by atoms with Gasteiger partial charge in [-0.15, -0.1) is 0 Å². The Morgan fingerprint density at radius 2 is 2.05 bits per heavy atom. The van der Waals surface area contributed by atoms with E-state index in [9.17, 15) is 0 Å². The number of fused-ring (bicyclic) bond motifs is 1. The summed E-state index contributed by atoms with van der Waals surface area (Å²) >= 11 is 0. The van der Waals surface area contributed by atoms with Gasteiger partial charge in [-0.2, -0.15) is 0 Å². The molecule has 0 aliphatic carbocycles. The summed E-state index contributed by atoms with van der Waals surface area (Å²) in [5, 5.41) is 4.74. The van der Waals surface area contributed by atoms with E-state index < -0.39 is 0 Å². The zero-order chi connectivity index (χ0) is 14.7. The maximum atomic E-state index is 5.43. The molecule has 1 aliphatic rings. The molecule has 1 saturated heterocycles. The lowest BCUT2D eigenvalue weighted by Crippen LogP contribution is -2.46. The highest BCUT2D eigenvalue weighted by Gasteiger charge is 2.26. The molecule has 4 nitrogen and oxygen atoms in total. The first kappa shape index (κ1) is 14.3. The number of methoxy groups -OCH3 is 1. The molecule has 21 heavy (non-hydrogen) atoms. The number of pyridine rings is 1. The quantitative estimate of drug-likeness (QED) is 0.938. The van der Waals surface area contributed by atoms with Crippen LogP contribution < -0.4 is 10.1 Å². The fourth-order valence-corrected chi connectivity index (χ4v) is 2.73. The van der Waals surface area contributed by atoms with E-state index in [4.69, 9.17) is 14.5 Å². The average Bonchev–Trinajstić information content (AvgIpc) is 2.53. The van der Waals surface area contributed by atoms with Crippen molar-refractivity contribution < 1.29 is 9.47 Å². The number of benzene rings is 1. The van der Waals surface area contributed by atoms with Gasteiger partial charge in [0.15, 0.2) is 0 Å². The standard InChI is InChI=1S/C17H22N2O2/c1-17(8-10-21-11-9-17)18-12-14-7-6-13-4-3-5-15(20-2)16(13)19-14/h3-7,18H,8-12H2,1-2H3. The van der Waals surface area contributed by atoms with Gasteiger partial charge < -0.3 is 14.8 Å². The van der Waals surface area contributed by atoms with Crippen molar-refractivity contribution in [2.75, 3.05) is 20.3 Å². The van der Waals surface area contributed by atoms with Crippen LogP contribution in [0.5, 0.6) is 5.75 Å². The molecule has 1 N–H and O–H groups in total. The summed E-state index contributed by atoms with van der Waals surface area (Å²) in [6, 6.07) is 10.2. The van der Waals surface area contributed by atoms with Crippen LogP contribution in [0.4, 0.5) is 0 Å². The third-order valence-electron chi connectivity index (χ3n) is 4.25. The van der Waals surface area contributed by atoms with Crippen LogP contribution in [0, 0.1) is 0 Å². The van der Waals surface area contributed by atoms with Gasteiger partial charge in [0.1, 0.15) is 11.3 Å². The zero-order valence-electron chi connectivity index (χ0n) is 12.7. The maximum Gasteiger partial charge on any atom is 0.145 e. The minimum atomic E-state index is 0.148. The van der Waals surface area contributed by atoms with E-state index in [0.717, 1.165) is 54.9 Å². The number of para-hydroxylation sites is 1. The highest BCUT2D eigenvalue weighted by molar-refractivity contribution is 5.84. The van der Waals surface area contributed by atoms with E-state index in [2.05, 4.69) is 30.4 Å². The van der Waals surface area contributed by atoms with Crippen molar-refractivity contribution in [3.05, 3.63) is 36.0 Å². The Kier molecular flexibility index (Phi) is 4.08. The van der Waals surface area contributed by atoms with Crippen molar-refractivity contribution in [3.8, 4) is 5.75 Å². The van der Waals surface area contributed by atoms with Crippen LogP contribution in [0.15, 0.2) is 30.3 Å². The monoisotopic (exact) mass is 286 g/mol. The van der Waals surface area contributed by atoms with Crippen molar-refractivity contribution in [1.29, 1.82) is 0 Å². The first-order valence-electron chi connectivity index (χ1n) is 7.46. The fraction of sp³-hybridized carbons (Fsp3) is 0.471. The van der Waals surface area contributed by atoms with Crippen molar-refractivity contribution in [1.82, 2.24) is 10.3 Å². The molecule has 0 bridgehead atoms. The third kappa shape index (κ3) is 3.17. The molecule has 1 fully saturated rings. The van der Waals surface area contributed by atoms with Gasteiger partial charge in [-0.1, -0.05) is 18.2 Å². The van der Waals surface area contributed by atoms with Crippen LogP contribution in [-0.4, -0.2) is 30.8 Å². The summed E-state index contributed by atoms with van der Waals surface area (Å²) in [4.78, 5) is 4.74. The summed E-state index contributed by atoms with van der Waals surface area (Å²) in [7, 11) is 1.68. The predicted molar refractivity (Wildman–Crippen MR) is 83.6 cm³/mol. The van der Waals surface area contributed by atoms with Gasteiger partial charge in [-0.05, 0) is 31.9 Å². The molecule has 0 spiro atoms. The van der Waals surface area contributed by atoms with Gasteiger partial charge in [-0.25, -0.2) is 4.98 Å². The number of hydrogen-bond acceptors (Lipinski definition) is 4. The molecule has 3 rings (SSSR count). The van der Waals surface area contributed by atoms with Gasteiger partial charge in [0, 0.05) is 30.7 Å². The van der Waals surface area contributed by atoms with Crippen LogP contribution in [0.25, 0.3) is 10.9 Å². The van der Waals surface area contributed by atoms with Crippen molar-refractivity contribution >= 4 is 10.9 Å². The lowest BCUT2D eigenvalue weighted by molar-refractivity contribution is 0.0445. The largest absolute Gasteiger partial charge is 0.494 e. The van der Waals surface area contributed by atoms with Crippen LogP contribution in [0.1, 0.15) is 25.5 Å². The molecule has 1 aliphatic heterocycles. The molecular weight excluding hydrogens is 264 g/mol. The minimum absolute atomic E-state index is 0.148. The molecule has 0 unspecified atom stereocenters. The summed E-state index contributed by atoms with van der Waals surface area (Å²) < 4.78 is 10.8. The summed E-state index contributed by atoms with van der Waals surface area (Å²) in [6.07, 6.45) is 2.09. The fourth-order valence-electron chi connectivity index (χ4n) is 2.73. The molecule has 0 amide bonds. The van der Waals surface area contributed by atoms with E-state index in [1.165, 1.54) is 0 Å². The number of rotatable bonds is 4. The van der Waals surface area contributed by atoms with Gasteiger partial charge >= 0.3 is 0 Å². The Balaban J connectivity index is 1.78. The predicted octanol–water partition coefficient (Wildman–Crippen LogP) is 2.90. The van der Waals surface area contributed by atoms with Crippen LogP contribution in [0.3, 0.4) is 0 Å². The van der Waals surface area contributed by atoms with Gasteiger partial charge in [-0.3, -0.25) is 0 Å². The second-order valence-electron chi connectivity index (χ2n) is 5.86. The summed E-state index contributed by atoms with van der Waals surface area (Å²) in [5.41, 5.74) is 2.12. The SMILES string of the molecule is COc1cccc2ccc(CNC3(C)CCOCC3)nc12. The first-order chi connectivity index (χ1) is 10.2. The van der Waals surface area contributed by atoms with E-state index in [0.29, 0.717) is 0 Å². The maximum absolute atomic E-state index is 5.43. The van der Waals surface area contributed by atoms with E-state index in [-0.39, 0.29) is 5.54 Å². The van der Waals surface area contributed by atoms with Crippen LogP contribution >= 0.6 is 0 Å². The Labute approximate surface area is 125 Å². The number of aromatic nitrogens is 1. The highest BCUT2D eigenvalue weighted by atomic mass is 16.5. The molecule has 2 heterocycles. The normalized spacial score (nSPS) is 17.8. The molecule has 1 aromatic heterocycles. The molecule has 0 atom stereocenters. The molecule has 0 saturated carbocycles. The Morgan fingerprint density at radius 3 is 2.81 bits per heavy atom. The van der Waals surface area contributed by atoms with E-state index in [1.54, 1.807) is 7.11 Å². The summed E-state index contributed by atoms with van der Waals surface area (Å²) in [6.45, 7) is 4.70. The van der Waals surface area contributed by atoms with E-state index >= 15 is 0 Å². The Hall–Kier alpha value is -1.65. The van der Waals surface area contributed by atoms with Crippen LogP contribution in [0.2, 0.25) is 0 Å². The minimum Gasteiger partial charge on any atom is -0.494 e. The number of nitrogens with zero attached hydrogens (tertiary/aromatic N) is 1. The third-order valence-corrected chi connectivity index (χ3v) is 4.25.